The van der Waals surface area contributed by atoms with Gasteiger partial charge in [-0.05, 0) is 12.8 Å². The van der Waals surface area contributed by atoms with Crippen molar-refractivity contribution in [3.05, 3.63) is 0 Å². The monoisotopic (exact) mass is 281 g/mol. The Morgan fingerprint density at radius 1 is 0.850 bits per heavy atom. The topological polar surface area (TPSA) is 30.3 Å². The molecule has 0 atom stereocenters. The maximum atomic E-state index is 8.03. The number of nitrogens with one attached hydrogen (secondary N) is 1. The lowest BCUT2D eigenvalue weighted by Crippen LogP contribution is -2.48. The van der Waals surface area contributed by atoms with Crippen molar-refractivity contribution in [3.8, 4) is 0 Å². The minimum Gasteiger partial charge on any atom is -0.346 e. The third-order valence-corrected chi connectivity index (χ3v) is 4.36. The number of rotatable bonds is 11. The lowest BCUT2D eigenvalue weighted by Gasteiger charge is -2.36. The van der Waals surface area contributed by atoms with E-state index in [0.29, 0.717) is 0 Å². The van der Waals surface area contributed by atoms with Gasteiger partial charge in [-0.2, -0.15) is 0 Å². The fraction of sp³-hybridized carbons (Fsp3) is 0.941. The van der Waals surface area contributed by atoms with E-state index in [1.54, 1.807) is 0 Å². The molecule has 118 valence electrons. The first-order valence-corrected chi connectivity index (χ1v) is 8.80. The fourth-order valence-corrected chi connectivity index (χ4v) is 2.96. The van der Waals surface area contributed by atoms with Gasteiger partial charge in [-0.1, -0.05) is 64.7 Å². The third-order valence-electron chi connectivity index (χ3n) is 4.36. The van der Waals surface area contributed by atoms with Crippen LogP contribution in [-0.4, -0.2) is 42.4 Å². The lowest BCUT2D eigenvalue weighted by atomic mass is 10.1. The molecule has 0 aliphatic carbocycles. The predicted molar refractivity (Wildman–Crippen MR) is 88.4 cm³/mol. The molecular weight excluding hydrogens is 246 g/mol. The minimum atomic E-state index is 0.729. The summed E-state index contributed by atoms with van der Waals surface area (Å²) in [7, 11) is 2.03. The Labute approximate surface area is 126 Å². The average molecular weight is 281 g/mol. The van der Waals surface area contributed by atoms with E-state index in [2.05, 4.69) is 16.7 Å². The molecule has 0 saturated carbocycles. The van der Waals surface area contributed by atoms with Crippen LogP contribution in [0.25, 0.3) is 0 Å². The molecule has 1 heterocycles. The van der Waals surface area contributed by atoms with Crippen LogP contribution in [0, 0.1) is 5.41 Å². The summed E-state index contributed by atoms with van der Waals surface area (Å²) >= 11 is 0. The number of unbranched alkanes of at least 4 members (excludes halogenated alkanes) is 9. The van der Waals surface area contributed by atoms with Crippen molar-refractivity contribution in [2.24, 2.45) is 0 Å². The van der Waals surface area contributed by atoms with E-state index in [1.807, 2.05) is 7.05 Å². The van der Waals surface area contributed by atoms with Gasteiger partial charge in [-0.25, -0.2) is 0 Å². The zero-order valence-corrected chi connectivity index (χ0v) is 13.8. The quantitative estimate of drug-likeness (QED) is 0.566. The molecule has 0 aromatic rings. The molecule has 1 aliphatic rings. The standard InChI is InChI=1S/C17H35N3/c1-3-4-5-6-7-8-9-10-11-12-15-20-16-13-14-19(2)17(20)18/h18H,3-16H2,1-2H3. The molecule has 0 spiro atoms. The molecular formula is C17H35N3. The second-order valence-electron chi connectivity index (χ2n) is 6.27. The number of guanidine groups is 1. The smallest absolute Gasteiger partial charge is 0.193 e. The van der Waals surface area contributed by atoms with Gasteiger partial charge in [-0.3, -0.25) is 5.41 Å². The van der Waals surface area contributed by atoms with Crippen LogP contribution in [0.3, 0.4) is 0 Å². The summed E-state index contributed by atoms with van der Waals surface area (Å²) in [5.74, 6) is 0.729. The van der Waals surface area contributed by atoms with Crippen LogP contribution in [0.1, 0.15) is 77.6 Å². The maximum Gasteiger partial charge on any atom is 0.193 e. The van der Waals surface area contributed by atoms with Crippen LogP contribution in [0.5, 0.6) is 0 Å². The van der Waals surface area contributed by atoms with Gasteiger partial charge < -0.3 is 9.80 Å². The molecule has 1 aliphatic heterocycles. The van der Waals surface area contributed by atoms with E-state index in [-0.39, 0.29) is 0 Å². The van der Waals surface area contributed by atoms with E-state index < -0.39 is 0 Å². The Hall–Kier alpha value is -0.730. The van der Waals surface area contributed by atoms with Gasteiger partial charge in [0.05, 0.1) is 0 Å². The van der Waals surface area contributed by atoms with Gasteiger partial charge in [-0.15, -0.1) is 0 Å². The first-order valence-electron chi connectivity index (χ1n) is 8.80. The molecule has 20 heavy (non-hydrogen) atoms. The first kappa shape index (κ1) is 17.3. The molecule has 1 saturated heterocycles. The van der Waals surface area contributed by atoms with Crippen LogP contribution in [0.2, 0.25) is 0 Å². The molecule has 0 unspecified atom stereocenters. The molecule has 0 bridgehead atoms. The Morgan fingerprint density at radius 2 is 1.40 bits per heavy atom. The van der Waals surface area contributed by atoms with Crippen molar-refractivity contribution in [1.29, 1.82) is 5.41 Å². The molecule has 0 aromatic heterocycles. The van der Waals surface area contributed by atoms with Gasteiger partial charge in [0.15, 0.2) is 5.96 Å². The highest BCUT2D eigenvalue weighted by Gasteiger charge is 2.18. The summed E-state index contributed by atoms with van der Waals surface area (Å²) in [5.41, 5.74) is 0. The van der Waals surface area contributed by atoms with E-state index in [0.717, 1.165) is 25.6 Å². The summed E-state index contributed by atoms with van der Waals surface area (Å²) in [5, 5.41) is 8.03. The van der Waals surface area contributed by atoms with Crippen LogP contribution in [0.4, 0.5) is 0 Å². The van der Waals surface area contributed by atoms with E-state index in [1.165, 1.54) is 70.6 Å². The largest absolute Gasteiger partial charge is 0.346 e. The molecule has 3 heteroatoms. The second-order valence-corrected chi connectivity index (χ2v) is 6.27. The highest BCUT2D eigenvalue weighted by atomic mass is 15.4. The van der Waals surface area contributed by atoms with E-state index in [9.17, 15) is 0 Å². The summed E-state index contributed by atoms with van der Waals surface area (Å²) in [6.07, 6.45) is 15.1. The third kappa shape index (κ3) is 7.16. The van der Waals surface area contributed by atoms with Gasteiger partial charge >= 0.3 is 0 Å². The van der Waals surface area contributed by atoms with Gasteiger partial charge in [0.2, 0.25) is 0 Å². The molecule has 0 radical (unpaired) electrons. The van der Waals surface area contributed by atoms with Gasteiger partial charge in [0, 0.05) is 26.7 Å². The highest BCUT2D eigenvalue weighted by Crippen LogP contribution is 2.12. The molecule has 0 aromatic carbocycles. The zero-order chi connectivity index (χ0) is 14.6. The zero-order valence-electron chi connectivity index (χ0n) is 13.8. The summed E-state index contributed by atoms with van der Waals surface area (Å²) in [6, 6.07) is 0. The normalized spacial score (nSPS) is 16.0. The van der Waals surface area contributed by atoms with E-state index in [4.69, 9.17) is 5.41 Å². The molecule has 0 amide bonds. The lowest BCUT2D eigenvalue weighted by molar-refractivity contribution is 0.275. The predicted octanol–water partition coefficient (Wildman–Crippen LogP) is 4.48. The summed E-state index contributed by atoms with van der Waals surface area (Å²) in [4.78, 5) is 4.31. The van der Waals surface area contributed by atoms with Crippen molar-refractivity contribution < 1.29 is 0 Å². The number of nitrogens with zero attached hydrogens (tertiary/aromatic N) is 2. The molecule has 1 fully saturated rings. The van der Waals surface area contributed by atoms with Crippen molar-refractivity contribution >= 4 is 5.96 Å². The van der Waals surface area contributed by atoms with Crippen LogP contribution in [0.15, 0.2) is 0 Å². The summed E-state index contributed by atoms with van der Waals surface area (Å²) in [6.45, 7) is 5.49. The van der Waals surface area contributed by atoms with E-state index >= 15 is 0 Å². The molecule has 3 nitrogen and oxygen atoms in total. The minimum absolute atomic E-state index is 0.729. The van der Waals surface area contributed by atoms with Crippen molar-refractivity contribution in [2.75, 3.05) is 26.7 Å². The molecule has 1 rings (SSSR count). The Bertz CT molecular complexity index is 253. The Morgan fingerprint density at radius 3 is 2.00 bits per heavy atom. The van der Waals surface area contributed by atoms with Gasteiger partial charge in [0.1, 0.15) is 0 Å². The maximum absolute atomic E-state index is 8.03. The Balaban J connectivity index is 1.88. The SMILES string of the molecule is CCCCCCCCCCCCN1CCCN(C)C1=N. The summed E-state index contributed by atoms with van der Waals surface area (Å²) < 4.78 is 0. The van der Waals surface area contributed by atoms with Crippen molar-refractivity contribution in [2.45, 2.75) is 77.6 Å². The molecule has 1 N–H and O–H groups in total. The first-order chi connectivity index (χ1) is 9.75. The Kier molecular flexibility index (Phi) is 9.52. The number of hydrogen-bond acceptors (Lipinski definition) is 1. The van der Waals surface area contributed by atoms with Crippen molar-refractivity contribution in [1.82, 2.24) is 9.80 Å². The van der Waals surface area contributed by atoms with Gasteiger partial charge in [0.25, 0.3) is 0 Å². The number of hydrogen-bond donors (Lipinski definition) is 1. The van der Waals surface area contributed by atoms with Crippen LogP contribution in [-0.2, 0) is 0 Å². The fourth-order valence-electron chi connectivity index (χ4n) is 2.96. The average Bonchev–Trinajstić information content (AvgIpc) is 2.45. The van der Waals surface area contributed by atoms with Crippen LogP contribution >= 0.6 is 0 Å². The van der Waals surface area contributed by atoms with Crippen molar-refractivity contribution in [3.63, 3.8) is 0 Å². The second kappa shape index (κ2) is 11.0. The highest BCUT2D eigenvalue weighted by molar-refractivity contribution is 5.77. The van der Waals surface area contributed by atoms with Crippen LogP contribution < -0.4 is 0 Å².